The van der Waals surface area contributed by atoms with Gasteiger partial charge in [-0.25, -0.2) is 9.79 Å². The number of esters is 2. The molecule has 38 heavy (non-hydrogen) atoms. The summed E-state index contributed by atoms with van der Waals surface area (Å²) >= 11 is 4.67. The van der Waals surface area contributed by atoms with Crippen LogP contribution < -0.4 is 24.4 Å². The van der Waals surface area contributed by atoms with Gasteiger partial charge in [0.05, 0.1) is 39.5 Å². The van der Waals surface area contributed by atoms with E-state index in [0.717, 1.165) is 11.1 Å². The summed E-state index contributed by atoms with van der Waals surface area (Å²) < 4.78 is 18.8. The predicted octanol–water partition coefficient (Wildman–Crippen LogP) is 4.19. The molecule has 1 aromatic heterocycles. The highest BCUT2D eigenvalue weighted by molar-refractivity contribution is 9.10. The topological polar surface area (TPSA) is 96.2 Å². The Hall–Kier alpha value is -3.50. The Labute approximate surface area is 232 Å². The Balaban J connectivity index is 1.91. The monoisotopic (exact) mass is 598 g/mol. The van der Waals surface area contributed by atoms with Crippen LogP contribution in [0.1, 0.15) is 50.4 Å². The number of rotatable bonds is 7. The van der Waals surface area contributed by atoms with Crippen molar-refractivity contribution in [3.63, 3.8) is 0 Å². The zero-order chi connectivity index (χ0) is 27.6. The van der Waals surface area contributed by atoms with Gasteiger partial charge in [-0.3, -0.25) is 14.2 Å². The summed E-state index contributed by atoms with van der Waals surface area (Å²) in [4.78, 5) is 43.5. The summed E-state index contributed by atoms with van der Waals surface area (Å²) in [6.45, 7) is 9.18. The molecule has 0 saturated heterocycles. The summed E-state index contributed by atoms with van der Waals surface area (Å²) in [6, 6.07) is 10.5. The number of aryl methyl sites for hydroxylation is 1. The molecular weight excluding hydrogens is 572 g/mol. The van der Waals surface area contributed by atoms with E-state index in [-0.39, 0.29) is 17.9 Å². The minimum Gasteiger partial charge on any atom is -0.490 e. The summed E-state index contributed by atoms with van der Waals surface area (Å²) in [7, 11) is 0. The van der Waals surface area contributed by atoms with Gasteiger partial charge in [-0.1, -0.05) is 41.2 Å². The lowest BCUT2D eigenvalue weighted by atomic mass is 9.95. The first-order valence-corrected chi connectivity index (χ1v) is 13.7. The lowest BCUT2D eigenvalue weighted by Crippen LogP contribution is -2.39. The van der Waals surface area contributed by atoms with E-state index >= 15 is 0 Å². The Morgan fingerprint density at radius 2 is 1.84 bits per heavy atom. The number of fused-ring (bicyclic) bond motifs is 1. The van der Waals surface area contributed by atoms with E-state index < -0.39 is 18.0 Å². The fraction of sp³-hybridized carbons (Fsp3) is 0.286. The third kappa shape index (κ3) is 5.51. The van der Waals surface area contributed by atoms with E-state index in [4.69, 9.17) is 14.2 Å². The van der Waals surface area contributed by atoms with Gasteiger partial charge in [-0.15, -0.1) is 0 Å². The van der Waals surface area contributed by atoms with Gasteiger partial charge < -0.3 is 14.2 Å². The standard InChI is InChI=1S/C28H27BrN2O6S/c1-6-35-21-13-18(12-20(29)25(21)37-17(5)32)14-22-26(33)31-24(19-10-8-15(3)9-11-19)23(27(34)36-7-2)16(4)30-28(31)38-22/h8-14,24H,6-7H2,1-5H3/b22-14-/t24-/m1/s1. The highest BCUT2D eigenvalue weighted by Crippen LogP contribution is 2.37. The minimum atomic E-state index is -0.676. The Morgan fingerprint density at radius 3 is 2.47 bits per heavy atom. The van der Waals surface area contributed by atoms with Crippen molar-refractivity contribution in [2.75, 3.05) is 13.2 Å². The van der Waals surface area contributed by atoms with Crippen molar-refractivity contribution >= 4 is 45.3 Å². The van der Waals surface area contributed by atoms with Crippen molar-refractivity contribution in [1.29, 1.82) is 0 Å². The second-order valence-corrected chi connectivity index (χ2v) is 10.4. The fourth-order valence-electron chi connectivity index (χ4n) is 4.18. The molecule has 1 aliphatic heterocycles. The fourth-order valence-corrected chi connectivity index (χ4v) is 5.77. The number of carbonyl (C=O) groups excluding carboxylic acids is 2. The molecule has 0 spiro atoms. The van der Waals surface area contributed by atoms with Crippen molar-refractivity contribution in [1.82, 2.24) is 4.57 Å². The van der Waals surface area contributed by atoms with Crippen LogP contribution in [0, 0.1) is 6.92 Å². The number of hydrogen-bond acceptors (Lipinski definition) is 8. The number of carbonyl (C=O) groups is 2. The van der Waals surface area contributed by atoms with Gasteiger partial charge in [-0.2, -0.15) is 0 Å². The molecule has 2 aromatic carbocycles. The molecular formula is C28H27BrN2O6S. The number of thiazole rings is 1. The predicted molar refractivity (Wildman–Crippen MR) is 148 cm³/mol. The first-order chi connectivity index (χ1) is 18.1. The molecule has 0 bridgehead atoms. The van der Waals surface area contributed by atoms with Crippen molar-refractivity contribution in [3.05, 3.63) is 88.5 Å². The first kappa shape index (κ1) is 27.5. The highest BCUT2D eigenvalue weighted by Gasteiger charge is 2.33. The van der Waals surface area contributed by atoms with Crippen LogP contribution in [-0.4, -0.2) is 29.7 Å². The van der Waals surface area contributed by atoms with E-state index in [1.807, 2.05) is 38.1 Å². The zero-order valence-corrected chi connectivity index (χ0v) is 24.1. The second kappa shape index (κ2) is 11.5. The lowest BCUT2D eigenvalue weighted by Gasteiger charge is -2.24. The molecule has 0 aliphatic carbocycles. The van der Waals surface area contributed by atoms with E-state index in [9.17, 15) is 14.4 Å². The Bertz CT molecular complexity index is 1620. The molecule has 0 amide bonds. The number of halogens is 1. The van der Waals surface area contributed by atoms with Crippen LogP contribution in [0.25, 0.3) is 6.08 Å². The van der Waals surface area contributed by atoms with Gasteiger partial charge in [-0.05, 0) is 73.0 Å². The van der Waals surface area contributed by atoms with Crippen molar-refractivity contribution < 1.29 is 23.8 Å². The number of aromatic nitrogens is 1. The van der Waals surface area contributed by atoms with Crippen LogP contribution >= 0.6 is 27.3 Å². The third-order valence-electron chi connectivity index (χ3n) is 5.79. The van der Waals surface area contributed by atoms with Gasteiger partial charge in [0.15, 0.2) is 16.3 Å². The van der Waals surface area contributed by atoms with Gasteiger partial charge in [0.1, 0.15) is 0 Å². The van der Waals surface area contributed by atoms with Gasteiger partial charge in [0, 0.05) is 6.92 Å². The molecule has 0 fully saturated rings. The molecule has 198 valence electrons. The molecule has 0 radical (unpaired) electrons. The maximum absolute atomic E-state index is 13.8. The lowest BCUT2D eigenvalue weighted by molar-refractivity contribution is -0.139. The van der Waals surface area contributed by atoms with Crippen LogP contribution in [-0.2, 0) is 14.3 Å². The Kier molecular flexibility index (Phi) is 8.32. The van der Waals surface area contributed by atoms with Gasteiger partial charge in [0.25, 0.3) is 5.56 Å². The number of hydrogen-bond donors (Lipinski definition) is 0. The number of allylic oxidation sites excluding steroid dienone is 1. The molecule has 0 saturated carbocycles. The average Bonchev–Trinajstić information content (AvgIpc) is 3.15. The summed E-state index contributed by atoms with van der Waals surface area (Å²) in [5.41, 5.74) is 3.07. The SMILES string of the molecule is CCOC(=O)C1=C(C)N=c2s/c(=C\c3cc(Br)c(OC(C)=O)c(OCC)c3)c(=O)n2[C@@H]1c1ccc(C)cc1. The largest absolute Gasteiger partial charge is 0.490 e. The second-order valence-electron chi connectivity index (χ2n) is 8.57. The molecule has 10 heteroatoms. The maximum Gasteiger partial charge on any atom is 0.338 e. The molecule has 4 rings (SSSR count). The van der Waals surface area contributed by atoms with Crippen LogP contribution in [0.3, 0.4) is 0 Å². The molecule has 2 heterocycles. The quantitative estimate of drug-likeness (QED) is 0.299. The van der Waals surface area contributed by atoms with Crippen molar-refractivity contribution in [2.24, 2.45) is 4.99 Å². The first-order valence-electron chi connectivity index (χ1n) is 12.1. The molecule has 0 N–H and O–H groups in total. The average molecular weight is 600 g/mol. The molecule has 1 aliphatic rings. The van der Waals surface area contributed by atoms with Gasteiger partial charge in [0.2, 0.25) is 0 Å². The smallest absolute Gasteiger partial charge is 0.338 e. The van der Waals surface area contributed by atoms with Crippen molar-refractivity contribution in [3.8, 4) is 11.5 Å². The van der Waals surface area contributed by atoms with Gasteiger partial charge >= 0.3 is 11.9 Å². The summed E-state index contributed by atoms with van der Waals surface area (Å²) in [5, 5.41) is 0. The number of nitrogens with zero attached hydrogens (tertiary/aromatic N) is 2. The van der Waals surface area contributed by atoms with Crippen LogP contribution in [0.5, 0.6) is 11.5 Å². The van der Waals surface area contributed by atoms with Crippen LogP contribution in [0.2, 0.25) is 0 Å². The van der Waals surface area contributed by atoms with Crippen LogP contribution in [0.4, 0.5) is 0 Å². The molecule has 1 atom stereocenters. The van der Waals surface area contributed by atoms with E-state index in [1.54, 1.807) is 36.6 Å². The highest BCUT2D eigenvalue weighted by atomic mass is 79.9. The van der Waals surface area contributed by atoms with Crippen LogP contribution in [0.15, 0.2) is 61.9 Å². The third-order valence-corrected chi connectivity index (χ3v) is 7.36. The normalized spacial score (nSPS) is 15.1. The number of ether oxygens (including phenoxy) is 3. The number of benzene rings is 2. The van der Waals surface area contributed by atoms with E-state index in [0.29, 0.717) is 43.0 Å². The summed E-state index contributed by atoms with van der Waals surface area (Å²) in [5.74, 6) is -0.336. The summed E-state index contributed by atoms with van der Waals surface area (Å²) in [6.07, 6.45) is 1.73. The maximum atomic E-state index is 13.8. The zero-order valence-electron chi connectivity index (χ0n) is 21.7. The molecule has 0 unspecified atom stereocenters. The Morgan fingerprint density at radius 1 is 1.13 bits per heavy atom. The van der Waals surface area contributed by atoms with E-state index in [1.165, 1.54) is 18.3 Å². The van der Waals surface area contributed by atoms with Crippen molar-refractivity contribution in [2.45, 2.75) is 40.7 Å². The van der Waals surface area contributed by atoms with E-state index in [2.05, 4.69) is 20.9 Å². The minimum absolute atomic E-state index is 0.209. The molecule has 8 nitrogen and oxygen atoms in total. The molecule has 3 aromatic rings.